The van der Waals surface area contributed by atoms with Gasteiger partial charge in [0.25, 0.3) is 0 Å². The SMILES string of the molecule is Cc1cc(C)c(C(=O)C2CCC(O)CC2)c(C)c1. The van der Waals surface area contributed by atoms with Gasteiger partial charge in [-0.05, 0) is 57.6 Å². The first-order valence-electron chi connectivity index (χ1n) is 6.79. The summed E-state index contributed by atoms with van der Waals surface area (Å²) in [6, 6.07) is 4.16. The van der Waals surface area contributed by atoms with Crippen LogP contribution in [-0.4, -0.2) is 17.0 Å². The second-order valence-electron chi connectivity index (χ2n) is 5.64. The van der Waals surface area contributed by atoms with Crippen molar-refractivity contribution in [2.75, 3.05) is 0 Å². The molecule has 0 aliphatic heterocycles. The van der Waals surface area contributed by atoms with Crippen molar-refractivity contribution >= 4 is 5.78 Å². The molecule has 0 spiro atoms. The molecule has 1 aliphatic rings. The van der Waals surface area contributed by atoms with Crippen LogP contribution in [-0.2, 0) is 0 Å². The molecule has 1 N–H and O–H groups in total. The lowest BCUT2D eigenvalue weighted by atomic mass is 9.80. The summed E-state index contributed by atoms with van der Waals surface area (Å²) in [4.78, 5) is 12.6. The number of Topliss-reactive ketones (excluding diaryl/α,β-unsaturated/α-hetero) is 1. The fraction of sp³-hybridized carbons (Fsp3) is 0.562. The summed E-state index contributed by atoms with van der Waals surface area (Å²) < 4.78 is 0. The van der Waals surface area contributed by atoms with Crippen molar-refractivity contribution < 1.29 is 9.90 Å². The minimum absolute atomic E-state index is 0.105. The van der Waals surface area contributed by atoms with Gasteiger partial charge in [-0.3, -0.25) is 4.79 Å². The quantitative estimate of drug-likeness (QED) is 0.813. The number of aryl methyl sites for hydroxylation is 3. The lowest BCUT2D eigenvalue weighted by Crippen LogP contribution is -2.25. The summed E-state index contributed by atoms with van der Waals surface area (Å²) in [6.07, 6.45) is 2.98. The molecule has 0 amide bonds. The van der Waals surface area contributed by atoms with Crippen molar-refractivity contribution in [3.63, 3.8) is 0 Å². The molecule has 1 saturated carbocycles. The van der Waals surface area contributed by atoms with Crippen molar-refractivity contribution in [3.05, 3.63) is 34.4 Å². The maximum atomic E-state index is 12.6. The Morgan fingerprint density at radius 3 is 2.06 bits per heavy atom. The third-order valence-electron chi connectivity index (χ3n) is 3.99. The number of hydrogen-bond donors (Lipinski definition) is 1. The number of aliphatic hydroxyl groups is 1. The van der Waals surface area contributed by atoms with E-state index >= 15 is 0 Å². The van der Waals surface area contributed by atoms with Crippen molar-refractivity contribution in [1.29, 1.82) is 0 Å². The third kappa shape index (κ3) is 2.64. The summed E-state index contributed by atoms with van der Waals surface area (Å²) in [5.74, 6) is 0.380. The number of carbonyl (C=O) groups excluding carboxylic acids is 1. The van der Waals surface area contributed by atoms with Crippen LogP contribution < -0.4 is 0 Å². The van der Waals surface area contributed by atoms with E-state index in [4.69, 9.17) is 0 Å². The minimum Gasteiger partial charge on any atom is -0.393 e. The number of benzene rings is 1. The molecule has 0 aromatic heterocycles. The normalized spacial score (nSPS) is 24.0. The van der Waals surface area contributed by atoms with Gasteiger partial charge in [0.1, 0.15) is 0 Å². The van der Waals surface area contributed by atoms with Crippen LogP contribution in [0.15, 0.2) is 12.1 Å². The van der Waals surface area contributed by atoms with E-state index < -0.39 is 0 Å². The van der Waals surface area contributed by atoms with Gasteiger partial charge < -0.3 is 5.11 Å². The van der Waals surface area contributed by atoms with E-state index in [9.17, 15) is 9.90 Å². The molecule has 0 unspecified atom stereocenters. The van der Waals surface area contributed by atoms with E-state index in [0.717, 1.165) is 42.4 Å². The molecule has 98 valence electrons. The Kier molecular flexibility index (Phi) is 3.86. The average molecular weight is 246 g/mol. The highest BCUT2D eigenvalue weighted by Crippen LogP contribution is 2.29. The van der Waals surface area contributed by atoms with E-state index in [1.165, 1.54) is 5.56 Å². The predicted molar refractivity (Wildman–Crippen MR) is 72.9 cm³/mol. The fourth-order valence-electron chi connectivity index (χ4n) is 3.11. The monoisotopic (exact) mass is 246 g/mol. The number of ketones is 1. The molecule has 2 rings (SSSR count). The highest BCUT2D eigenvalue weighted by Gasteiger charge is 2.27. The molecule has 1 aromatic carbocycles. The largest absolute Gasteiger partial charge is 0.393 e. The molecule has 2 heteroatoms. The van der Waals surface area contributed by atoms with Crippen molar-refractivity contribution in [2.45, 2.75) is 52.6 Å². The Labute approximate surface area is 109 Å². The van der Waals surface area contributed by atoms with Crippen LogP contribution in [0.4, 0.5) is 0 Å². The first-order valence-corrected chi connectivity index (χ1v) is 6.79. The van der Waals surface area contributed by atoms with Gasteiger partial charge in [0.15, 0.2) is 5.78 Å². The molecular formula is C16H22O2. The van der Waals surface area contributed by atoms with E-state index in [1.807, 2.05) is 13.8 Å². The van der Waals surface area contributed by atoms with Crippen LogP contribution in [0.5, 0.6) is 0 Å². The van der Waals surface area contributed by atoms with Gasteiger partial charge in [-0.15, -0.1) is 0 Å². The van der Waals surface area contributed by atoms with Crippen LogP contribution in [0.1, 0.15) is 52.7 Å². The van der Waals surface area contributed by atoms with Gasteiger partial charge in [-0.1, -0.05) is 17.7 Å². The van der Waals surface area contributed by atoms with E-state index in [2.05, 4.69) is 19.1 Å². The van der Waals surface area contributed by atoms with Crippen LogP contribution in [0.3, 0.4) is 0 Å². The molecule has 0 radical (unpaired) electrons. The molecule has 18 heavy (non-hydrogen) atoms. The topological polar surface area (TPSA) is 37.3 Å². The Morgan fingerprint density at radius 2 is 1.56 bits per heavy atom. The third-order valence-corrected chi connectivity index (χ3v) is 3.99. The maximum Gasteiger partial charge on any atom is 0.166 e. The van der Waals surface area contributed by atoms with Crippen LogP contribution >= 0.6 is 0 Å². The van der Waals surface area contributed by atoms with Crippen LogP contribution in [0.25, 0.3) is 0 Å². The zero-order chi connectivity index (χ0) is 13.3. The molecule has 0 atom stereocenters. The zero-order valence-corrected chi connectivity index (χ0v) is 11.5. The molecule has 1 aliphatic carbocycles. The molecular weight excluding hydrogens is 224 g/mol. The Balaban J connectivity index is 2.24. The van der Waals surface area contributed by atoms with Crippen molar-refractivity contribution in [3.8, 4) is 0 Å². The maximum absolute atomic E-state index is 12.6. The van der Waals surface area contributed by atoms with Crippen molar-refractivity contribution in [1.82, 2.24) is 0 Å². The average Bonchev–Trinajstić information content (AvgIpc) is 2.28. The highest BCUT2D eigenvalue weighted by molar-refractivity contribution is 6.00. The van der Waals surface area contributed by atoms with Crippen LogP contribution in [0.2, 0.25) is 0 Å². The van der Waals surface area contributed by atoms with Gasteiger partial charge in [0, 0.05) is 11.5 Å². The Hall–Kier alpha value is -1.15. The first-order chi connectivity index (χ1) is 8.49. The van der Waals surface area contributed by atoms with Gasteiger partial charge in [0.05, 0.1) is 6.10 Å². The first kappa shape index (κ1) is 13.3. The van der Waals surface area contributed by atoms with Gasteiger partial charge in [-0.25, -0.2) is 0 Å². The van der Waals surface area contributed by atoms with E-state index in [1.54, 1.807) is 0 Å². The second-order valence-corrected chi connectivity index (χ2v) is 5.64. The van der Waals surface area contributed by atoms with Gasteiger partial charge in [0.2, 0.25) is 0 Å². The second kappa shape index (κ2) is 5.23. The fourth-order valence-corrected chi connectivity index (χ4v) is 3.11. The minimum atomic E-state index is -0.200. The predicted octanol–water partition coefficient (Wildman–Crippen LogP) is 3.35. The molecule has 0 saturated heterocycles. The van der Waals surface area contributed by atoms with Crippen molar-refractivity contribution in [2.24, 2.45) is 5.92 Å². The zero-order valence-electron chi connectivity index (χ0n) is 11.5. The van der Waals surface area contributed by atoms with Gasteiger partial charge in [-0.2, -0.15) is 0 Å². The lowest BCUT2D eigenvalue weighted by molar-refractivity contribution is 0.0763. The number of aliphatic hydroxyl groups excluding tert-OH is 1. The molecule has 1 fully saturated rings. The molecule has 0 bridgehead atoms. The summed E-state index contributed by atoms with van der Waals surface area (Å²) >= 11 is 0. The summed E-state index contributed by atoms with van der Waals surface area (Å²) in [5.41, 5.74) is 4.29. The van der Waals surface area contributed by atoms with E-state index in [-0.39, 0.29) is 17.8 Å². The Bertz CT molecular complexity index is 431. The smallest absolute Gasteiger partial charge is 0.166 e. The Morgan fingerprint density at radius 1 is 1.06 bits per heavy atom. The summed E-state index contributed by atoms with van der Waals surface area (Å²) in [5, 5.41) is 9.51. The molecule has 0 heterocycles. The molecule has 2 nitrogen and oxygen atoms in total. The summed E-state index contributed by atoms with van der Waals surface area (Å²) in [7, 11) is 0. The summed E-state index contributed by atoms with van der Waals surface area (Å²) in [6.45, 7) is 6.10. The highest BCUT2D eigenvalue weighted by atomic mass is 16.3. The van der Waals surface area contributed by atoms with Crippen LogP contribution in [0, 0.1) is 26.7 Å². The van der Waals surface area contributed by atoms with E-state index in [0.29, 0.717) is 0 Å². The van der Waals surface area contributed by atoms with Gasteiger partial charge >= 0.3 is 0 Å². The number of rotatable bonds is 2. The number of hydrogen-bond acceptors (Lipinski definition) is 2. The number of carbonyl (C=O) groups is 1. The standard InChI is InChI=1S/C16H22O2/c1-10-8-11(2)15(12(3)9-10)16(18)13-4-6-14(17)7-5-13/h8-9,13-14,17H,4-7H2,1-3H3. The lowest BCUT2D eigenvalue weighted by Gasteiger charge is -2.25. The molecule has 1 aromatic rings.